The van der Waals surface area contributed by atoms with Gasteiger partial charge < -0.3 is 40.1 Å². The number of phosphoric ester groups is 1. The van der Waals surface area contributed by atoms with Crippen molar-refractivity contribution >= 4 is 7.82 Å². The molecule has 1 saturated heterocycles. The van der Waals surface area contributed by atoms with Crippen LogP contribution in [0.15, 0.2) is 0 Å². The highest BCUT2D eigenvalue weighted by Crippen LogP contribution is 2.40. The van der Waals surface area contributed by atoms with Gasteiger partial charge in [0.15, 0.2) is 6.29 Å². The molecule has 0 amide bonds. The van der Waals surface area contributed by atoms with Crippen LogP contribution < -0.4 is 0 Å². The minimum absolute atomic E-state index is 0.826. The van der Waals surface area contributed by atoms with Crippen LogP contribution in [0.1, 0.15) is 0 Å². The molecule has 1 fully saturated rings. The quantitative estimate of drug-likeness (QED) is 0.254. The highest BCUT2D eigenvalue weighted by atomic mass is 31.2. The van der Waals surface area contributed by atoms with Crippen molar-refractivity contribution in [2.24, 2.45) is 0 Å². The lowest BCUT2D eigenvalue weighted by Gasteiger charge is -2.41. The van der Waals surface area contributed by atoms with Gasteiger partial charge in [-0.3, -0.25) is 4.52 Å². The summed E-state index contributed by atoms with van der Waals surface area (Å²) in [6.45, 7) is -0.826. The van der Waals surface area contributed by atoms with E-state index in [0.717, 1.165) is 0 Å². The van der Waals surface area contributed by atoms with Gasteiger partial charge in [-0.15, -0.1) is 0 Å². The maximum Gasteiger partial charge on any atom is 0.472 e. The zero-order valence-corrected chi connectivity index (χ0v) is 9.87. The van der Waals surface area contributed by atoms with Crippen molar-refractivity contribution in [3.05, 3.63) is 0 Å². The van der Waals surface area contributed by atoms with Crippen LogP contribution in [0.2, 0.25) is 0 Å². The Kier molecular flexibility index (Phi) is 5.21. The number of ether oxygens (including phenoxy) is 1. The SMILES string of the molecule is O=P(O)(O)O[C@@H]1O[C@H]([C@@H](O)CO)[C@@H](O)[C@H](O)[C@H]1O. The van der Waals surface area contributed by atoms with Gasteiger partial charge in [-0.25, -0.2) is 4.57 Å². The summed E-state index contributed by atoms with van der Waals surface area (Å²) in [6.07, 6.45) is -10.7. The Morgan fingerprint density at radius 1 is 1.17 bits per heavy atom. The normalized spacial score (nSPS) is 39.6. The molecule has 1 rings (SSSR count). The molecule has 1 heterocycles. The Labute approximate surface area is 101 Å². The number of aliphatic hydroxyl groups excluding tert-OH is 5. The standard InChI is InChI=1S/C7H15O10P/c8-1-2(9)6-4(11)3(10)5(12)7(16-6)17-18(13,14)15/h2-12H,1H2,(H2,13,14,15)/t2-,3-,4-,5+,6+,7-/m0/s1. The molecule has 0 spiro atoms. The van der Waals surface area contributed by atoms with E-state index in [-0.39, 0.29) is 0 Å². The van der Waals surface area contributed by atoms with Crippen molar-refractivity contribution in [3.8, 4) is 0 Å². The lowest BCUT2D eigenvalue weighted by molar-refractivity contribution is -0.293. The zero-order chi connectivity index (χ0) is 14.1. The number of rotatable bonds is 4. The first-order chi connectivity index (χ1) is 8.17. The molecule has 11 heteroatoms. The van der Waals surface area contributed by atoms with Gasteiger partial charge in [0.1, 0.15) is 30.5 Å². The Morgan fingerprint density at radius 2 is 1.72 bits per heavy atom. The van der Waals surface area contributed by atoms with Gasteiger partial charge in [0, 0.05) is 0 Å². The van der Waals surface area contributed by atoms with Crippen molar-refractivity contribution in [2.75, 3.05) is 6.61 Å². The van der Waals surface area contributed by atoms with Gasteiger partial charge in [-0.05, 0) is 0 Å². The molecule has 0 aromatic carbocycles. The maximum atomic E-state index is 10.6. The smallest absolute Gasteiger partial charge is 0.394 e. The minimum Gasteiger partial charge on any atom is -0.394 e. The number of aliphatic hydroxyl groups is 5. The first-order valence-corrected chi connectivity index (χ1v) is 6.43. The fourth-order valence-electron chi connectivity index (χ4n) is 1.52. The molecule has 1 aliphatic rings. The predicted molar refractivity (Wildman–Crippen MR) is 52.9 cm³/mol. The lowest BCUT2D eigenvalue weighted by atomic mass is 9.96. The summed E-state index contributed by atoms with van der Waals surface area (Å²) < 4.78 is 19.4. The van der Waals surface area contributed by atoms with E-state index in [0.29, 0.717) is 0 Å². The molecule has 18 heavy (non-hydrogen) atoms. The van der Waals surface area contributed by atoms with E-state index >= 15 is 0 Å². The molecule has 0 radical (unpaired) electrons. The number of hydrogen-bond donors (Lipinski definition) is 7. The largest absolute Gasteiger partial charge is 0.472 e. The minimum atomic E-state index is -5.00. The molecule has 6 atom stereocenters. The van der Waals surface area contributed by atoms with E-state index in [1.54, 1.807) is 0 Å². The average molecular weight is 290 g/mol. The second kappa shape index (κ2) is 5.88. The van der Waals surface area contributed by atoms with E-state index in [2.05, 4.69) is 4.52 Å². The van der Waals surface area contributed by atoms with E-state index in [9.17, 15) is 25.0 Å². The fraction of sp³-hybridized carbons (Fsp3) is 1.00. The van der Waals surface area contributed by atoms with Gasteiger partial charge >= 0.3 is 7.82 Å². The summed E-state index contributed by atoms with van der Waals surface area (Å²) in [6, 6.07) is 0. The Bertz CT molecular complexity index is 317. The van der Waals surface area contributed by atoms with Crippen LogP contribution in [0.25, 0.3) is 0 Å². The summed E-state index contributed by atoms with van der Waals surface area (Å²) in [7, 11) is -5.00. The molecule has 1 aliphatic heterocycles. The van der Waals surface area contributed by atoms with Crippen molar-refractivity contribution in [3.63, 3.8) is 0 Å². The van der Waals surface area contributed by atoms with E-state index in [1.807, 2.05) is 0 Å². The van der Waals surface area contributed by atoms with Crippen molar-refractivity contribution in [1.29, 1.82) is 0 Å². The molecule has 0 unspecified atom stereocenters. The van der Waals surface area contributed by atoms with Crippen LogP contribution in [0.4, 0.5) is 0 Å². The summed E-state index contributed by atoms with van der Waals surface area (Å²) in [5.41, 5.74) is 0. The van der Waals surface area contributed by atoms with Crippen LogP contribution in [-0.2, 0) is 13.8 Å². The summed E-state index contributed by atoms with van der Waals surface area (Å²) >= 11 is 0. The second-order valence-corrected chi connectivity index (χ2v) is 4.98. The van der Waals surface area contributed by atoms with Crippen molar-refractivity contribution < 1.29 is 49.1 Å². The highest BCUT2D eigenvalue weighted by Gasteiger charge is 2.48. The Morgan fingerprint density at radius 3 is 2.17 bits per heavy atom. The van der Waals surface area contributed by atoms with Crippen molar-refractivity contribution in [1.82, 2.24) is 0 Å². The van der Waals surface area contributed by atoms with E-state index < -0.39 is 51.2 Å². The topological polar surface area (TPSA) is 177 Å². The first kappa shape index (κ1) is 15.9. The molecule has 0 aromatic heterocycles. The van der Waals surface area contributed by atoms with Gasteiger partial charge in [0.2, 0.25) is 0 Å². The second-order valence-electron chi connectivity index (χ2n) is 3.79. The van der Waals surface area contributed by atoms with Gasteiger partial charge in [-0.2, -0.15) is 0 Å². The van der Waals surface area contributed by atoms with Crippen LogP contribution in [0, 0.1) is 0 Å². The molecule has 108 valence electrons. The predicted octanol–water partition coefficient (Wildman–Crippen LogP) is -3.74. The number of hydrogen-bond acceptors (Lipinski definition) is 8. The molecule has 0 saturated carbocycles. The monoisotopic (exact) mass is 290 g/mol. The number of phosphoric acid groups is 1. The van der Waals surface area contributed by atoms with Crippen LogP contribution in [-0.4, -0.2) is 78.7 Å². The van der Waals surface area contributed by atoms with Crippen LogP contribution in [0.5, 0.6) is 0 Å². The summed E-state index contributed by atoms with van der Waals surface area (Å²) in [5.74, 6) is 0. The molecule has 10 nitrogen and oxygen atoms in total. The highest BCUT2D eigenvalue weighted by molar-refractivity contribution is 7.46. The average Bonchev–Trinajstić information content (AvgIpc) is 2.27. The van der Waals surface area contributed by atoms with Crippen LogP contribution >= 0.6 is 7.82 Å². The van der Waals surface area contributed by atoms with E-state index in [1.165, 1.54) is 0 Å². The molecule has 0 aliphatic carbocycles. The molecular weight excluding hydrogens is 275 g/mol. The lowest BCUT2D eigenvalue weighted by Crippen LogP contribution is -2.61. The Hall–Kier alpha value is -0.130. The third-order valence-corrected chi connectivity index (χ3v) is 2.90. The summed E-state index contributed by atoms with van der Waals surface area (Å²) in [5, 5.41) is 46.3. The first-order valence-electron chi connectivity index (χ1n) is 4.90. The molecular formula is C7H15O10P. The van der Waals surface area contributed by atoms with Crippen LogP contribution in [0.3, 0.4) is 0 Å². The van der Waals surface area contributed by atoms with Gasteiger partial charge in [-0.1, -0.05) is 0 Å². The van der Waals surface area contributed by atoms with Gasteiger partial charge in [0.25, 0.3) is 0 Å². The molecule has 0 aromatic rings. The molecule has 0 bridgehead atoms. The summed E-state index contributed by atoms with van der Waals surface area (Å²) in [4.78, 5) is 17.1. The fourth-order valence-corrected chi connectivity index (χ4v) is 1.96. The zero-order valence-electron chi connectivity index (χ0n) is 8.97. The molecule has 7 N–H and O–H groups in total. The maximum absolute atomic E-state index is 10.6. The third-order valence-electron chi connectivity index (χ3n) is 2.41. The van der Waals surface area contributed by atoms with Crippen molar-refractivity contribution in [2.45, 2.75) is 36.8 Å². The van der Waals surface area contributed by atoms with E-state index in [4.69, 9.17) is 19.6 Å². The van der Waals surface area contributed by atoms with Gasteiger partial charge in [0.05, 0.1) is 6.61 Å². The third kappa shape index (κ3) is 3.68. The Balaban J connectivity index is 2.84.